The molecule has 0 aliphatic heterocycles. The molecule has 0 bridgehead atoms. The summed E-state index contributed by atoms with van der Waals surface area (Å²) >= 11 is 0. The van der Waals surface area contributed by atoms with Crippen LogP contribution in [0.1, 0.15) is 79.0 Å². The van der Waals surface area contributed by atoms with Crippen molar-refractivity contribution in [2.75, 3.05) is 68.5 Å². The number of rotatable bonds is 17. The Kier molecular flexibility index (Phi) is 14.8. The Morgan fingerprint density at radius 1 is 0.540 bits per heavy atom. The van der Waals surface area contributed by atoms with Gasteiger partial charge in [0.05, 0.1) is 40.6 Å². The van der Waals surface area contributed by atoms with Crippen LogP contribution in [-0.2, 0) is 35.2 Å². The van der Waals surface area contributed by atoms with Gasteiger partial charge in [-0.15, -0.1) is 0 Å². The van der Waals surface area contributed by atoms with Crippen molar-refractivity contribution in [3.63, 3.8) is 0 Å². The minimum Gasteiger partial charge on any atom is -0.507 e. The lowest BCUT2D eigenvalue weighted by Crippen LogP contribution is -2.30. The SMILES string of the molecule is COCCOCOc1c(P(c2cccc(C(C)(C)C)c2O)c2cc(OC)cc(C(C)(C)C)c2OCOCCOC)cc(OC)cc1C(C)(C)C. The van der Waals surface area contributed by atoms with Gasteiger partial charge in [-0.3, -0.25) is 0 Å². The second-order valence-corrected chi connectivity index (χ2v) is 17.2. The Morgan fingerprint density at radius 3 is 1.32 bits per heavy atom. The lowest BCUT2D eigenvalue weighted by molar-refractivity contribution is -0.00873. The van der Waals surface area contributed by atoms with Crippen molar-refractivity contribution in [2.45, 2.75) is 78.6 Å². The number of phenolic OH excluding ortho intramolecular Hbond substituents is 1. The summed E-state index contributed by atoms with van der Waals surface area (Å²) in [4.78, 5) is 0. The van der Waals surface area contributed by atoms with Gasteiger partial charge in [-0.25, -0.2) is 0 Å². The van der Waals surface area contributed by atoms with Gasteiger partial charge in [-0.1, -0.05) is 80.5 Å². The number of hydrogen-bond acceptors (Lipinski definition) is 9. The average molecular weight is 715 g/mol. The summed E-state index contributed by atoms with van der Waals surface area (Å²) in [6.45, 7) is 20.8. The van der Waals surface area contributed by atoms with Crippen LogP contribution in [0, 0.1) is 0 Å². The summed E-state index contributed by atoms with van der Waals surface area (Å²) in [6.07, 6.45) is 0. The second-order valence-electron chi connectivity index (χ2n) is 15.1. The van der Waals surface area contributed by atoms with E-state index < -0.39 is 7.92 Å². The molecule has 0 unspecified atom stereocenters. The molecule has 0 spiro atoms. The molecule has 0 aromatic heterocycles. The molecule has 0 saturated carbocycles. The zero-order chi connectivity index (χ0) is 37.3. The topological polar surface area (TPSA) is 94.1 Å². The molecule has 3 rings (SSSR count). The summed E-state index contributed by atoms with van der Waals surface area (Å²) in [5.74, 6) is 2.87. The molecule has 0 radical (unpaired) electrons. The number of hydrogen-bond donors (Lipinski definition) is 1. The van der Waals surface area contributed by atoms with E-state index in [2.05, 4.69) is 62.3 Å². The molecule has 0 aliphatic rings. The van der Waals surface area contributed by atoms with Crippen LogP contribution in [0.25, 0.3) is 0 Å². The van der Waals surface area contributed by atoms with Crippen molar-refractivity contribution in [1.82, 2.24) is 0 Å². The van der Waals surface area contributed by atoms with Gasteiger partial charge in [0.2, 0.25) is 0 Å². The summed E-state index contributed by atoms with van der Waals surface area (Å²) in [5, 5.41) is 14.7. The molecule has 0 amide bonds. The summed E-state index contributed by atoms with van der Waals surface area (Å²) in [6, 6.07) is 14.0. The molecule has 0 saturated heterocycles. The summed E-state index contributed by atoms with van der Waals surface area (Å²) < 4.78 is 47.2. The number of phenols is 1. The fraction of sp³-hybridized carbons (Fsp3) is 0.550. The van der Waals surface area contributed by atoms with E-state index in [-0.39, 0.29) is 35.6 Å². The second kappa shape index (κ2) is 17.9. The van der Waals surface area contributed by atoms with Gasteiger partial charge in [0.15, 0.2) is 13.6 Å². The maximum Gasteiger partial charge on any atom is 0.189 e. The fourth-order valence-corrected chi connectivity index (χ4v) is 8.11. The van der Waals surface area contributed by atoms with Gasteiger partial charge >= 0.3 is 0 Å². The molecule has 0 aliphatic carbocycles. The Hall–Kier alpha value is -3.07. The van der Waals surface area contributed by atoms with Crippen molar-refractivity contribution in [3.05, 3.63) is 59.2 Å². The van der Waals surface area contributed by atoms with Crippen LogP contribution in [0.4, 0.5) is 0 Å². The standard InChI is InChI=1S/C40H59O9P/c1-38(2,3)29-15-14-16-32(35(29)41)50(33-23-27(44-12)21-30(39(4,5)6)36(33)48-25-46-19-17-42-10)34-24-28(45-13)22-31(40(7,8)9)37(34)49-26-47-20-18-43-11/h14-16,21-24,41H,17-20,25-26H2,1-13H3. The maximum atomic E-state index is 12.3. The molecule has 0 atom stereocenters. The Balaban J connectivity index is 2.54. The highest BCUT2D eigenvalue weighted by atomic mass is 31.1. The van der Waals surface area contributed by atoms with Crippen molar-refractivity contribution < 1.29 is 43.0 Å². The van der Waals surface area contributed by atoms with Crippen LogP contribution in [0.5, 0.6) is 28.7 Å². The van der Waals surface area contributed by atoms with E-state index in [0.717, 1.165) is 32.6 Å². The van der Waals surface area contributed by atoms with E-state index >= 15 is 0 Å². The molecule has 10 heteroatoms. The lowest BCUT2D eigenvalue weighted by Gasteiger charge is -2.33. The molecular formula is C40H59O9P. The number of ether oxygens (including phenoxy) is 8. The van der Waals surface area contributed by atoms with Gasteiger partial charge in [0.25, 0.3) is 0 Å². The molecule has 50 heavy (non-hydrogen) atoms. The first kappa shape index (κ1) is 41.4. The highest BCUT2D eigenvalue weighted by Gasteiger charge is 2.35. The Morgan fingerprint density at radius 2 is 0.960 bits per heavy atom. The van der Waals surface area contributed by atoms with Crippen molar-refractivity contribution in [2.24, 2.45) is 0 Å². The normalized spacial score (nSPS) is 12.4. The third-order valence-electron chi connectivity index (χ3n) is 8.16. The summed E-state index contributed by atoms with van der Waals surface area (Å²) in [7, 11) is 4.98. The van der Waals surface area contributed by atoms with Crippen molar-refractivity contribution in [3.8, 4) is 28.7 Å². The Bertz CT molecular complexity index is 1450. The van der Waals surface area contributed by atoms with E-state index in [1.165, 1.54) is 0 Å². The molecular weight excluding hydrogens is 655 g/mol. The van der Waals surface area contributed by atoms with E-state index in [1.807, 2.05) is 42.5 Å². The molecule has 278 valence electrons. The Labute approximate surface area is 301 Å². The van der Waals surface area contributed by atoms with Gasteiger partial charge in [0, 0.05) is 41.3 Å². The van der Waals surface area contributed by atoms with Crippen LogP contribution in [-0.4, -0.2) is 73.6 Å². The van der Waals surface area contributed by atoms with Gasteiger partial charge in [-0.05, 0) is 54.0 Å². The highest BCUT2D eigenvalue weighted by molar-refractivity contribution is 7.80. The number of para-hydroxylation sites is 1. The number of aromatic hydroxyl groups is 1. The van der Waals surface area contributed by atoms with E-state index in [4.69, 9.17) is 37.9 Å². The molecule has 9 nitrogen and oxygen atoms in total. The quantitative estimate of drug-likeness (QED) is 0.0897. The lowest BCUT2D eigenvalue weighted by atomic mass is 9.86. The van der Waals surface area contributed by atoms with Crippen molar-refractivity contribution in [1.29, 1.82) is 0 Å². The van der Waals surface area contributed by atoms with Crippen LogP contribution >= 0.6 is 7.92 Å². The van der Waals surface area contributed by atoms with E-state index in [1.54, 1.807) is 28.4 Å². The molecule has 1 N–H and O–H groups in total. The highest BCUT2D eigenvalue weighted by Crippen LogP contribution is 2.49. The zero-order valence-electron chi connectivity index (χ0n) is 32.4. The van der Waals surface area contributed by atoms with Crippen molar-refractivity contribution >= 4 is 23.8 Å². The fourth-order valence-electron chi connectivity index (χ4n) is 5.47. The van der Waals surface area contributed by atoms with Crippen LogP contribution in [0.2, 0.25) is 0 Å². The van der Waals surface area contributed by atoms with Crippen LogP contribution in [0.3, 0.4) is 0 Å². The monoisotopic (exact) mass is 714 g/mol. The van der Waals surface area contributed by atoms with Gasteiger partial charge in [-0.2, -0.15) is 0 Å². The van der Waals surface area contributed by atoms with E-state index in [0.29, 0.717) is 49.4 Å². The minimum atomic E-state index is -1.62. The third kappa shape index (κ3) is 10.5. The van der Waals surface area contributed by atoms with Gasteiger partial charge in [0.1, 0.15) is 28.7 Å². The first-order valence-corrected chi connectivity index (χ1v) is 18.3. The van der Waals surface area contributed by atoms with E-state index in [9.17, 15) is 5.11 Å². The predicted octanol–water partition coefficient (Wildman–Crippen LogP) is 7.06. The molecule has 3 aromatic rings. The van der Waals surface area contributed by atoms with Gasteiger partial charge < -0.3 is 43.0 Å². The number of methoxy groups -OCH3 is 4. The smallest absolute Gasteiger partial charge is 0.189 e. The summed E-state index contributed by atoms with van der Waals surface area (Å²) in [5.41, 5.74) is 1.68. The molecule has 0 heterocycles. The largest absolute Gasteiger partial charge is 0.507 e. The van der Waals surface area contributed by atoms with Crippen LogP contribution in [0.15, 0.2) is 42.5 Å². The predicted molar refractivity (Wildman–Crippen MR) is 203 cm³/mol. The zero-order valence-corrected chi connectivity index (χ0v) is 33.3. The first-order valence-electron chi connectivity index (χ1n) is 17.0. The third-order valence-corrected chi connectivity index (χ3v) is 10.6. The first-order chi connectivity index (χ1) is 23.5. The average Bonchev–Trinajstić information content (AvgIpc) is 3.04. The number of benzene rings is 3. The van der Waals surface area contributed by atoms with Crippen LogP contribution < -0.4 is 34.9 Å². The molecule has 0 fully saturated rings. The maximum absolute atomic E-state index is 12.3. The minimum absolute atomic E-state index is 0.00496. The molecule has 3 aromatic carbocycles.